The van der Waals surface area contributed by atoms with Crippen LogP contribution in [0.3, 0.4) is 0 Å². The lowest BCUT2D eigenvalue weighted by Gasteiger charge is -2.17. The van der Waals surface area contributed by atoms with E-state index in [0.717, 1.165) is 18.3 Å². The summed E-state index contributed by atoms with van der Waals surface area (Å²) in [5.41, 5.74) is -1.70. The van der Waals surface area contributed by atoms with Crippen LogP contribution in [0.4, 0.5) is 17.6 Å². The van der Waals surface area contributed by atoms with Gasteiger partial charge in [0.15, 0.2) is 0 Å². The maximum atomic E-state index is 13.6. The Morgan fingerprint density at radius 2 is 1.79 bits per heavy atom. The Morgan fingerprint density at radius 3 is 2.26 bits per heavy atom. The summed E-state index contributed by atoms with van der Waals surface area (Å²) in [6.07, 6.45) is -3.90. The Bertz CT molecular complexity index is 480. The molecule has 0 aliphatic rings. The fourth-order valence-electron chi connectivity index (χ4n) is 1.13. The van der Waals surface area contributed by atoms with Crippen LogP contribution in [0.25, 0.3) is 0 Å². The number of benzene rings is 1. The summed E-state index contributed by atoms with van der Waals surface area (Å²) < 4.78 is 65.6. The highest BCUT2D eigenvalue weighted by Crippen LogP contribution is 2.32. The van der Waals surface area contributed by atoms with Crippen molar-refractivity contribution in [2.24, 2.45) is 4.40 Å². The number of nitrogens with zero attached hydrogens (tertiary/aromatic N) is 1. The van der Waals surface area contributed by atoms with Crippen LogP contribution in [0.5, 0.6) is 0 Å². The Morgan fingerprint density at radius 1 is 1.21 bits per heavy atom. The van der Waals surface area contributed by atoms with Gasteiger partial charge in [-0.25, -0.2) is 4.39 Å². The van der Waals surface area contributed by atoms with Crippen LogP contribution in [0.15, 0.2) is 22.6 Å². The molecule has 0 heterocycles. The van der Waals surface area contributed by atoms with Crippen molar-refractivity contribution in [3.05, 3.63) is 35.1 Å². The topological polar surface area (TPSA) is 35.4 Å². The number of alkyl halides is 3. The molecule has 0 fully saturated rings. The maximum Gasteiger partial charge on any atom is 0.419 e. The van der Waals surface area contributed by atoms with Gasteiger partial charge < -0.3 is 4.55 Å². The molecule has 0 spiro atoms. The number of rotatable bonds is 2. The van der Waals surface area contributed by atoms with Crippen LogP contribution in [0, 0.1) is 5.82 Å². The molecule has 0 amide bonds. The largest absolute Gasteiger partial charge is 0.591 e. The SMILES string of the molecule is CC(C)(C)[S+]([O-])/N=C/c1cccc(C(F)(F)F)c1F. The zero-order chi connectivity index (χ0) is 14.8. The zero-order valence-electron chi connectivity index (χ0n) is 10.6. The second-order valence-electron chi connectivity index (χ2n) is 4.80. The average Bonchev–Trinajstić information content (AvgIpc) is 2.24. The first-order chi connectivity index (χ1) is 8.53. The Labute approximate surface area is 111 Å². The predicted octanol–water partition coefficient (Wildman–Crippen LogP) is 3.73. The van der Waals surface area contributed by atoms with Crippen LogP contribution < -0.4 is 0 Å². The van der Waals surface area contributed by atoms with E-state index in [1.165, 1.54) is 0 Å². The van der Waals surface area contributed by atoms with E-state index in [9.17, 15) is 22.1 Å². The molecule has 0 saturated carbocycles. The highest BCUT2D eigenvalue weighted by Gasteiger charge is 2.34. The summed E-state index contributed by atoms with van der Waals surface area (Å²) in [6.45, 7) is 4.97. The van der Waals surface area contributed by atoms with Crippen molar-refractivity contribution in [3.63, 3.8) is 0 Å². The van der Waals surface area contributed by atoms with Gasteiger partial charge in [0.1, 0.15) is 21.9 Å². The third-order valence-corrected chi connectivity index (χ3v) is 3.49. The molecule has 7 heteroatoms. The first-order valence-electron chi connectivity index (χ1n) is 5.35. The van der Waals surface area contributed by atoms with Crippen molar-refractivity contribution in [1.29, 1.82) is 0 Å². The number of hydrogen-bond acceptors (Lipinski definition) is 2. The van der Waals surface area contributed by atoms with Gasteiger partial charge in [-0.1, -0.05) is 16.5 Å². The summed E-state index contributed by atoms with van der Waals surface area (Å²) >= 11 is -1.65. The minimum atomic E-state index is -4.77. The van der Waals surface area contributed by atoms with Crippen LogP contribution in [-0.4, -0.2) is 15.5 Å². The van der Waals surface area contributed by atoms with Gasteiger partial charge in [-0.3, -0.25) is 0 Å². The molecule has 1 atom stereocenters. The van der Waals surface area contributed by atoms with Gasteiger partial charge in [0.2, 0.25) is 0 Å². The van der Waals surface area contributed by atoms with Crippen LogP contribution in [0.2, 0.25) is 0 Å². The fraction of sp³-hybridized carbons (Fsp3) is 0.417. The molecule has 1 unspecified atom stereocenters. The third-order valence-electron chi connectivity index (χ3n) is 2.15. The summed E-state index contributed by atoms with van der Waals surface area (Å²) in [5, 5.41) is 0. The van der Waals surface area contributed by atoms with Crippen molar-refractivity contribution in [2.75, 3.05) is 0 Å². The molecule has 2 nitrogen and oxygen atoms in total. The monoisotopic (exact) mass is 295 g/mol. The molecular weight excluding hydrogens is 282 g/mol. The van der Waals surface area contributed by atoms with Crippen molar-refractivity contribution in [3.8, 4) is 0 Å². The predicted molar refractivity (Wildman–Crippen MR) is 66.9 cm³/mol. The maximum absolute atomic E-state index is 13.6. The molecule has 0 bridgehead atoms. The van der Waals surface area contributed by atoms with E-state index >= 15 is 0 Å². The molecule has 1 aromatic carbocycles. The van der Waals surface area contributed by atoms with Crippen molar-refractivity contribution in [1.82, 2.24) is 0 Å². The van der Waals surface area contributed by atoms with Crippen molar-refractivity contribution in [2.45, 2.75) is 31.7 Å². The summed E-state index contributed by atoms with van der Waals surface area (Å²) in [4.78, 5) is 0. The fourth-order valence-corrected chi connectivity index (χ4v) is 1.66. The molecule has 0 aromatic heterocycles. The van der Waals surface area contributed by atoms with Crippen LogP contribution in [-0.2, 0) is 17.5 Å². The first-order valence-corrected chi connectivity index (χ1v) is 6.46. The quantitative estimate of drug-likeness (QED) is 0.465. The third kappa shape index (κ3) is 4.21. The van der Waals surface area contributed by atoms with Crippen LogP contribution in [0.1, 0.15) is 31.9 Å². The molecule has 1 rings (SSSR count). The van der Waals surface area contributed by atoms with Crippen molar-refractivity contribution < 1.29 is 22.1 Å². The summed E-state index contributed by atoms with van der Waals surface area (Å²) in [7, 11) is 0. The van der Waals surface area contributed by atoms with Gasteiger partial charge in [0, 0.05) is 5.56 Å². The Balaban J connectivity index is 3.08. The lowest BCUT2D eigenvalue weighted by atomic mass is 10.1. The molecule has 0 aliphatic carbocycles. The van der Waals surface area contributed by atoms with E-state index in [0.29, 0.717) is 6.07 Å². The first kappa shape index (κ1) is 16.0. The molecule has 1 aromatic rings. The van der Waals surface area contributed by atoms with Gasteiger partial charge >= 0.3 is 6.18 Å². The van der Waals surface area contributed by atoms with E-state index in [4.69, 9.17) is 0 Å². The minimum absolute atomic E-state index is 0.340. The van der Waals surface area contributed by atoms with Gasteiger partial charge in [-0.2, -0.15) is 13.2 Å². The normalized spacial score (nSPS) is 14.9. The van der Waals surface area contributed by atoms with E-state index < -0.39 is 33.7 Å². The molecule has 106 valence electrons. The summed E-state index contributed by atoms with van der Waals surface area (Å²) in [6, 6.07) is 2.87. The molecule has 0 N–H and O–H groups in total. The molecule has 19 heavy (non-hydrogen) atoms. The van der Waals surface area contributed by atoms with Crippen molar-refractivity contribution >= 4 is 17.6 Å². The Hall–Kier alpha value is -1.08. The lowest BCUT2D eigenvalue weighted by Crippen LogP contribution is -2.25. The highest BCUT2D eigenvalue weighted by molar-refractivity contribution is 7.91. The average molecular weight is 295 g/mol. The lowest BCUT2D eigenvalue weighted by molar-refractivity contribution is -0.140. The van der Waals surface area contributed by atoms with E-state index in [1.807, 2.05) is 0 Å². The number of hydrogen-bond donors (Lipinski definition) is 0. The number of halogens is 4. The smallest absolute Gasteiger partial charge is 0.419 e. The summed E-state index contributed by atoms with van der Waals surface area (Å²) in [5.74, 6) is -1.41. The van der Waals surface area contributed by atoms with Gasteiger partial charge in [-0.05, 0) is 26.8 Å². The van der Waals surface area contributed by atoms with E-state index in [-0.39, 0.29) is 5.56 Å². The standard InChI is InChI=1S/C12H13F4NOS/c1-11(2,3)19(18)17-7-8-5-4-6-9(10(8)13)12(14,15)16/h4-7H,1-3H3/b17-7+. The highest BCUT2D eigenvalue weighted by atomic mass is 32.2. The van der Waals surface area contributed by atoms with Crippen LogP contribution >= 0.6 is 0 Å². The van der Waals surface area contributed by atoms with E-state index in [1.54, 1.807) is 20.8 Å². The molecule has 0 radical (unpaired) electrons. The van der Waals surface area contributed by atoms with Gasteiger partial charge in [0.25, 0.3) is 0 Å². The van der Waals surface area contributed by atoms with E-state index in [2.05, 4.69) is 4.40 Å². The second kappa shape index (κ2) is 5.50. The molecule has 0 aliphatic heterocycles. The molecule has 0 saturated heterocycles. The van der Waals surface area contributed by atoms with Gasteiger partial charge in [0.05, 0.1) is 11.8 Å². The van der Waals surface area contributed by atoms with Gasteiger partial charge in [-0.15, -0.1) is 0 Å². The molecular formula is C12H13F4NOS. The second-order valence-corrected chi connectivity index (χ2v) is 6.74. The Kier molecular flexibility index (Phi) is 4.63. The zero-order valence-corrected chi connectivity index (χ0v) is 11.4. The minimum Gasteiger partial charge on any atom is -0.591 e.